The van der Waals surface area contributed by atoms with Gasteiger partial charge in [-0.15, -0.1) is 0 Å². The second-order valence-electron chi connectivity index (χ2n) is 9.68. The Morgan fingerprint density at radius 1 is 0.706 bits per heavy atom. The first-order valence-electron chi connectivity index (χ1n) is 12.1. The standard InChI is InChI=1S/C32H26N2/c1-20-12-14-29-26(16-20)27-19-25(21(2)17-30(27)33-29)22-13-15-32-28(18-22)24-10-6-7-11-31(24)34(32)23-8-4-3-5-9-23/h3-19,21,25,33H,1-2H3. The molecule has 0 radical (unpaired) electrons. The first kappa shape index (κ1) is 19.4. The van der Waals surface area contributed by atoms with Crippen molar-refractivity contribution in [1.29, 1.82) is 0 Å². The summed E-state index contributed by atoms with van der Waals surface area (Å²) in [6, 6.07) is 33.2. The third kappa shape index (κ3) is 2.82. The number of hydrogen-bond donors (Lipinski definition) is 1. The van der Waals surface area contributed by atoms with E-state index in [0.717, 1.165) is 0 Å². The van der Waals surface area contributed by atoms with E-state index < -0.39 is 0 Å². The number of H-pyrrole nitrogens is 1. The number of fused-ring (bicyclic) bond motifs is 6. The van der Waals surface area contributed by atoms with Gasteiger partial charge in [-0.1, -0.05) is 73.2 Å². The number of nitrogens with one attached hydrogen (secondary N) is 1. The van der Waals surface area contributed by atoms with Crippen molar-refractivity contribution >= 4 is 44.9 Å². The predicted molar refractivity (Wildman–Crippen MR) is 144 cm³/mol. The molecule has 0 saturated carbocycles. The second-order valence-corrected chi connectivity index (χ2v) is 9.68. The molecule has 6 aromatic rings. The fourth-order valence-electron chi connectivity index (χ4n) is 5.81. The van der Waals surface area contributed by atoms with Crippen LogP contribution in [-0.2, 0) is 0 Å². The molecule has 2 heterocycles. The SMILES string of the molecule is Cc1ccc2[nH]c3c(c2c1)=CC(c1ccc2c(c1)c1ccccc1n2-c1ccccc1)C(C)C=3. The maximum Gasteiger partial charge on any atom is 0.0541 e. The zero-order chi connectivity index (χ0) is 22.8. The molecule has 34 heavy (non-hydrogen) atoms. The summed E-state index contributed by atoms with van der Waals surface area (Å²) in [5.41, 5.74) is 7.60. The second kappa shape index (κ2) is 7.23. The average molecular weight is 439 g/mol. The lowest BCUT2D eigenvalue weighted by atomic mass is 9.83. The normalized spacial score (nSPS) is 17.6. The van der Waals surface area contributed by atoms with Crippen LogP contribution in [0.4, 0.5) is 0 Å². The summed E-state index contributed by atoms with van der Waals surface area (Å²) in [6.07, 6.45) is 4.89. The first-order chi connectivity index (χ1) is 16.7. The van der Waals surface area contributed by atoms with Crippen molar-refractivity contribution in [3.05, 3.63) is 113 Å². The third-order valence-electron chi connectivity index (χ3n) is 7.46. The molecule has 2 heteroatoms. The van der Waals surface area contributed by atoms with Crippen LogP contribution in [0.25, 0.3) is 50.5 Å². The Hall–Kier alpha value is -4.04. The van der Waals surface area contributed by atoms with Gasteiger partial charge in [0, 0.05) is 43.8 Å². The van der Waals surface area contributed by atoms with Gasteiger partial charge < -0.3 is 9.55 Å². The molecule has 164 valence electrons. The van der Waals surface area contributed by atoms with Crippen molar-refractivity contribution in [2.75, 3.05) is 0 Å². The molecule has 2 atom stereocenters. The van der Waals surface area contributed by atoms with Gasteiger partial charge in [-0.2, -0.15) is 0 Å². The largest absolute Gasteiger partial charge is 0.355 e. The highest BCUT2D eigenvalue weighted by Crippen LogP contribution is 2.36. The van der Waals surface area contributed by atoms with Gasteiger partial charge in [-0.3, -0.25) is 0 Å². The van der Waals surface area contributed by atoms with Gasteiger partial charge in [-0.25, -0.2) is 0 Å². The van der Waals surface area contributed by atoms with Crippen LogP contribution in [0.2, 0.25) is 0 Å². The van der Waals surface area contributed by atoms with Crippen LogP contribution in [0.5, 0.6) is 0 Å². The van der Waals surface area contributed by atoms with E-state index in [1.165, 1.54) is 60.1 Å². The lowest BCUT2D eigenvalue weighted by molar-refractivity contribution is 0.693. The van der Waals surface area contributed by atoms with E-state index in [0.29, 0.717) is 11.8 Å². The summed E-state index contributed by atoms with van der Waals surface area (Å²) in [5.74, 6) is 0.761. The quantitative estimate of drug-likeness (QED) is 0.316. The number of nitrogens with zero attached hydrogens (tertiary/aromatic N) is 1. The third-order valence-corrected chi connectivity index (χ3v) is 7.46. The van der Waals surface area contributed by atoms with E-state index in [2.05, 4.69) is 127 Å². The van der Waals surface area contributed by atoms with Gasteiger partial charge in [0.2, 0.25) is 0 Å². The molecule has 2 aromatic heterocycles. The Kier molecular flexibility index (Phi) is 4.13. The number of benzene rings is 4. The van der Waals surface area contributed by atoms with Crippen molar-refractivity contribution < 1.29 is 0 Å². The van der Waals surface area contributed by atoms with E-state index in [9.17, 15) is 0 Å². The monoisotopic (exact) mass is 438 g/mol. The van der Waals surface area contributed by atoms with Gasteiger partial charge in [-0.05, 0) is 60.9 Å². The highest BCUT2D eigenvalue weighted by Gasteiger charge is 2.21. The zero-order valence-corrected chi connectivity index (χ0v) is 19.4. The fourth-order valence-corrected chi connectivity index (χ4v) is 5.81. The summed E-state index contributed by atoms with van der Waals surface area (Å²) in [4.78, 5) is 3.63. The molecule has 7 rings (SSSR count). The number of rotatable bonds is 2. The van der Waals surface area contributed by atoms with Gasteiger partial charge in [0.25, 0.3) is 0 Å². The Morgan fingerprint density at radius 2 is 1.50 bits per heavy atom. The van der Waals surface area contributed by atoms with E-state index in [4.69, 9.17) is 0 Å². The molecule has 0 aliphatic heterocycles. The number of para-hydroxylation sites is 2. The summed E-state index contributed by atoms with van der Waals surface area (Å²) < 4.78 is 2.38. The van der Waals surface area contributed by atoms with Crippen molar-refractivity contribution in [2.24, 2.45) is 5.92 Å². The molecule has 2 unspecified atom stereocenters. The van der Waals surface area contributed by atoms with Crippen LogP contribution < -0.4 is 10.6 Å². The average Bonchev–Trinajstić information content (AvgIpc) is 3.38. The van der Waals surface area contributed by atoms with Crippen LogP contribution >= 0.6 is 0 Å². The Bertz CT molecular complexity index is 1830. The van der Waals surface area contributed by atoms with Crippen LogP contribution in [0.15, 0.2) is 91.0 Å². The first-order valence-corrected chi connectivity index (χ1v) is 12.1. The number of hydrogen-bond acceptors (Lipinski definition) is 0. The molecule has 0 amide bonds. The Labute approximate surface area is 198 Å². The lowest BCUT2D eigenvalue weighted by Gasteiger charge is -2.21. The smallest absolute Gasteiger partial charge is 0.0541 e. The molecule has 0 bridgehead atoms. The minimum Gasteiger partial charge on any atom is -0.355 e. The van der Waals surface area contributed by atoms with Gasteiger partial charge in [0.15, 0.2) is 0 Å². The van der Waals surface area contributed by atoms with Gasteiger partial charge >= 0.3 is 0 Å². The molecule has 0 spiro atoms. The molecule has 1 N–H and O–H groups in total. The maximum atomic E-state index is 3.63. The molecule has 2 nitrogen and oxygen atoms in total. The van der Waals surface area contributed by atoms with Crippen LogP contribution in [0.1, 0.15) is 24.0 Å². The molecule has 0 fully saturated rings. The summed E-state index contributed by atoms with van der Waals surface area (Å²) in [7, 11) is 0. The van der Waals surface area contributed by atoms with Gasteiger partial charge in [0.1, 0.15) is 0 Å². The molecule has 1 aliphatic carbocycles. The number of aromatic nitrogens is 2. The van der Waals surface area contributed by atoms with Crippen LogP contribution in [-0.4, -0.2) is 9.55 Å². The van der Waals surface area contributed by atoms with E-state index in [1.807, 2.05) is 0 Å². The van der Waals surface area contributed by atoms with Crippen molar-refractivity contribution in [1.82, 2.24) is 9.55 Å². The highest BCUT2D eigenvalue weighted by molar-refractivity contribution is 6.09. The molecular formula is C32H26N2. The molecular weight excluding hydrogens is 412 g/mol. The summed E-state index contributed by atoms with van der Waals surface area (Å²) in [6.45, 7) is 4.50. The van der Waals surface area contributed by atoms with Crippen molar-refractivity contribution in [3.63, 3.8) is 0 Å². The summed E-state index contributed by atoms with van der Waals surface area (Å²) >= 11 is 0. The van der Waals surface area contributed by atoms with E-state index >= 15 is 0 Å². The molecule has 0 saturated heterocycles. The number of aromatic amines is 1. The van der Waals surface area contributed by atoms with Crippen molar-refractivity contribution in [2.45, 2.75) is 19.8 Å². The number of aryl methyl sites for hydroxylation is 1. The Morgan fingerprint density at radius 3 is 2.38 bits per heavy atom. The van der Waals surface area contributed by atoms with E-state index in [1.54, 1.807) is 0 Å². The van der Waals surface area contributed by atoms with Crippen LogP contribution in [0.3, 0.4) is 0 Å². The predicted octanol–water partition coefficient (Wildman–Crippen LogP) is 6.57. The van der Waals surface area contributed by atoms with Crippen LogP contribution in [0, 0.1) is 12.8 Å². The fraction of sp³-hybridized carbons (Fsp3) is 0.125. The highest BCUT2D eigenvalue weighted by atomic mass is 15.0. The molecule has 1 aliphatic rings. The Balaban J connectivity index is 1.46. The minimum absolute atomic E-state index is 0.343. The lowest BCUT2D eigenvalue weighted by Crippen LogP contribution is -2.30. The zero-order valence-electron chi connectivity index (χ0n) is 19.4. The van der Waals surface area contributed by atoms with Crippen molar-refractivity contribution in [3.8, 4) is 5.69 Å². The van der Waals surface area contributed by atoms with Gasteiger partial charge in [0.05, 0.1) is 11.0 Å². The maximum absolute atomic E-state index is 3.63. The minimum atomic E-state index is 0.343. The van der Waals surface area contributed by atoms with E-state index in [-0.39, 0.29) is 0 Å². The molecule has 4 aromatic carbocycles. The summed E-state index contributed by atoms with van der Waals surface area (Å²) in [5, 5.41) is 6.54. The topological polar surface area (TPSA) is 20.7 Å².